The number of aromatic nitrogens is 2. The van der Waals surface area contributed by atoms with Crippen LogP contribution in [0.2, 0.25) is 0 Å². The van der Waals surface area contributed by atoms with Gasteiger partial charge < -0.3 is 15.5 Å². The molecule has 21 heavy (non-hydrogen) atoms. The van der Waals surface area contributed by atoms with Crippen molar-refractivity contribution in [3.8, 4) is 0 Å². The van der Waals surface area contributed by atoms with Gasteiger partial charge >= 0.3 is 0 Å². The molecule has 0 amide bonds. The highest BCUT2D eigenvalue weighted by Gasteiger charge is 2.43. The molecule has 0 radical (unpaired) electrons. The third-order valence-corrected chi connectivity index (χ3v) is 5.10. The Bertz CT molecular complexity index is 478. The van der Waals surface area contributed by atoms with Crippen molar-refractivity contribution in [1.29, 1.82) is 0 Å². The van der Waals surface area contributed by atoms with Crippen molar-refractivity contribution in [3.63, 3.8) is 0 Å². The third-order valence-electron chi connectivity index (χ3n) is 5.10. The average Bonchev–Trinajstić information content (AvgIpc) is 2.69. The Kier molecular flexibility index (Phi) is 4.52. The summed E-state index contributed by atoms with van der Waals surface area (Å²) in [7, 11) is 0. The number of nitrogens with zero attached hydrogens (tertiary/aromatic N) is 2. The molecule has 4 atom stereocenters. The summed E-state index contributed by atoms with van der Waals surface area (Å²) >= 11 is 0. The van der Waals surface area contributed by atoms with Crippen LogP contribution < -0.4 is 5.32 Å². The highest BCUT2D eigenvalue weighted by Crippen LogP contribution is 2.36. The van der Waals surface area contributed by atoms with Gasteiger partial charge in [-0.1, -0.05) is 6.42 Å². The van der Waals surface area contributed by atoms with E-state index in [1.165, 1.54) is 19.3 Å². The molecule has 5 heteroatoms. The van der Waals surface area contributed by atoms with E-state index in [9.17, 15) is 10.2 Å². The van der Waals surface area contributed by atoms with Gasteiger partial charge in [-0.3, -0.25) is 0 Å². The molecule has 2 fully saturated rings. The molecule has 0 aromatic carbocycles. The van der Waals surface area contributed by atoms with Gasteiger partial charge in [-0.2, -0.15) is 0 Å². The van der Waals surface area contributed by atoms with E-state index in [1.807, 2.05) is 13.0 Å². The Hall–Kier alpha value is -1.04. The first kappa shape index (κ1) is 14.9. The maximum atomic E-state index is 10.2. The van der Waals surface area contributed by atoms with Gasteiger partial charge in [-0.05, 0) is 44.6 Å². The molecule has 5 nitrogen and oxygen atoms in total. The second-order valence-corrected chi connectivity index (χ2v) is 6.51. The van der Waals surface area contributed by atoms with Gasteiger partial charge in [0, 0.05) is 36.5 Å². The van der Waals surface area contributed by atoms with Crippen molar-refractivity contribution in [1.82, 2.24) is 15.3 Å². The summed E-state index contributed by atoms with van der Waals surface area (Å²) in [6.07, 6.45) is 6.65. The lowest BCUT2D eigenvalue weighted by Gasteiger charge is -2.33. The fraction of sp³-hybridized carbons (Fsp3) is 0.750. The number of aliphatic hydroxyl groups excluding tert-OH is 2. The Morgan fingerprint density at radius 2 is 2.14 bits per heavy atom. The SMILES string of the molecule is Cc1nccc(C[C@@H]2[C@@H](CO)[C@H](O)C[C@H]2NC2CCC2)n1. The monoisotopic (exact) mass is 291 g/mol. The maximum Gasteiger partial charge on any atom is 0.125 e. The van der Waals surface area contributed by atoms with E-state index >= 15 is 0 Å². The molecule has 0 spiro atoms. The summed E-state index contributed by atoms with van der Waals surface area (Å²) in [6.45, 7) is 1.93. The highest BCUT2D eigenvalue weighted by atomic mass is 16.3. The van der Waals surface area contributed by atoms with E-state index in [2.05, 4.69) is 15.3 Å². The molecule has 0 saturated heterocycles. The van der Waals surface area contributed by atoms with Crippen LogP contribution in [0.5, 0.6) is 0 Å². The first-order valence-corrected chi connectivity index (χ1v) is 8.01. The van der Waals surface area contributed by atoms with Crippen LogP contribution in [-0.2, 0) is 6.42 Å². The van der Waals surface area contributed by atoms with Gasteiger partial charge in [0.05, 0.1) is 6.10 Å². The van der Waals surface area contributed by atoms with Gasteiger partial charge in [0.15, 0.2) is 0 Å². The number of nitrogens with one attached hydrogen (secondary N) is 1. The Morgan fingerprint density at radius 3 is 2.76 bits per heavy atom. The Balaban J connectivity index is 1.73. The number of hydrogen-bond acceptors (Lipinski definition) is 5. The van der Waals surface area contributed by atoms with E-state index in [4.69, 9.17) is 0 Å². The quantitative estimate of drug-likeness (QED) is 0.749. The first-order valence-electron chi connectivity index (χ1n) is 8.01. The molecule has 1 aromatic heterocycles. The molecule has 3 N–H and O–H groups in total. The Labute approximate surface area is 125 Å². The normalized spacial score (nSPS) is 33.1. The van der Waals surface area contributed by atoms with E-state index in [0.29, 0.717) is 6.04 Å². The van der Waals surface area contributed by atoms with Crippen molar-refractivity contribution >= 4 is 0 Å². The van der Waals surface area contributed by atoms with Crippen LogP contribution in [0.15, 0.2) is 12.3 Å². The molecule has 2 aliphatic rings. The minimum atomic E-state index is -0.416. The molecule has 2 saturated carbocycles. The van der Waals surface area contributed by atoms with Gasteiger partial charge in [-0.15, -0.1) is 0 Å². The van der Waals surface area contributed by atoms with Gasteiger partial charge in [-0.25, -0.2) is 9.97 Å². The summed E-state index contributed by atoms with van der Waals surface area (Å²) in [5, 5.41) is 23.6. The minimum absolute atomic E-state index is 0.0404. The molecule has 2 aliphatic carbocycles. The van der Waals surface area contributed by atoms with Crippen LogP contribution in [0.25, 0.3) is 0 Å². The standard InChI is InChI=1S/C16H25N3O2/c1-10-17-6-5-12(18-10)7-13-14(9-20)16(21)8-15(13)19-11-3-2-4-11/h5-6,11,13-16,19-21H,2-4,7-9H2,1H3/t13-,14-,15-,16-/m1/s1. The van der Waals surface area contributed by atoms with E-state index in [1.54, 1.807) is 6.20 Å². The van der Waals surface area contributed by atoms with E-state index in [-0.39, 0.29) is 24.5 Å². The molecule has 1 aromatic rings. The molecule has 3 rings (SSSR count). The predicted molar refractivity (Wildman–Crippen MR) is 79.7 cm³/mol. The first-order chi connectivity index (χ1) is 10.2. The molecular weight excluding hydrogens is 266 g/mol. The van der Waals surface area contributed by atoms with Crippen LogP contribution >= 0.6 is 0 Å². The van der Waals surface area contributed by atoms with Crippen molar-refractivity contribution in [2.75, 3.05) is 6.61 Å². The largest absolute Gasteiger partial charge is 0.396 e. The predicted octanol–water partition coefficient (Wildman–Crippen LogP) is 0.828. The van der Waals surface area contributed by atoms with Crippen molar-refractivity contribution in [3.05, 3.63) is 23.8 Å². The lowest BCUT2D eigenvalue weighted by atomic mass is 9.86. The van der Waals surface area contributed by atoms with Crippen molar-refractivity contribution < 1.29 is 10.2 Å². The minimum Gasteiger partial charge on any atom is -0.396 e. The summed E-state index contributed by atoms with van der Waals surface area (Å²) in [5.74, 6) is 0.952. The van der Waals surface area contributed by atoms with Gasteiger partial charge in [0.25, 0.3) is 0 Å². The zero-order chi connectivity index (χ0) is 14.8. The number of aryl methyl sites for hydroxylation is 1. The number of aliphatic hydroxyl groups is 2. The summed E-state index contributed by atoms with van der Waals surface area (Å²) < 4.78 is 0. The summed E-state index contributed by atoms with van der Waals surface area (Å²) in [4.78, 5) is 8.61. The molecular formula is C16H25N3O2. The summed E-state index contributed by atoms with van der Waals surface area (Å²) in [6, 6.07) is 2.80. The Morgan fingerprint density at radius 1 is 1.33 bits per heavy atom. The zero-order valence-electron chi connectivity index (χ0n) is 12.6. The average molecular weight is 291 g/mol. The topological polar surface area (TPSA) is 78.3 Å². The van der Waals surface area contributed by atoms with Crippen LogP contribution in [0.1, 0.15) is 37.2 Å². The van der Waals surface area contributed by atoms with Gasteiger partial charge in [0.2, 0.25) is 0 Å². The molecule has 0 aliphatic heterocycles. The fourth-order valence-electron chi connectivity index (χ4n) is 3.67. The smallest absolute Gasteiger partial charge is 0.125 e. The van der Waals surface area contributed by atoms with Crippen LogP contribution in [0, 0.1) is 18.8 Å². The van der Waals surface area contributed by atoms with Crippen molar-refractivity contribution in [2.24, 2.45) is 11.8 Å². The molecule has 1 heterocycles. The van der Waals surface area contributed by atoms with Crippen LogP contribution in [0.3, 0.4) is 0 Å². The van der Waals surface area contributed by atoms with Gasteiger partial charge in [0.1, 0.15) is 5.82 Å². The summed E-state index contributed by atoms with van der Waals surface area (Å²) in [5.41, 5.74) is 1.00. The van der Waals surface area contributed by atoms with Crippen molar-refractivity contribution in [2.45, 2.75) is 57.2 Å². The third kappa shape index (κ3) is 3.25. The second-order valence-electron chi connectivity index (χ2n) is 6.51. The van der Waals surface area contributed by atoms with E-state index in [0.717, 1.165) is 24.4 Å². The fourth-order valence-corrected chi connectivity index (χ4v) is 3.67. The van der Waals surface area contributed by atoms with Crippen LogP contribution in [0.4, 0.5) is 0 Å². The maximum absolute atomic E-state index is 10.2. The van der Waals surface area contributed by atoms with Crippen LogP contribution in [-0.4, -0.2) is 45.0 Å². The second kappa shape index (κ2) is 6.38. The molecule has 116 valence electrons. The van der Waals surface area contributed by atoms with E-state index < -0.39 is 6.10 Å². The molecule has 0 unspecified atom stereocenters. The molecule has 0 bridgehead atoms. The lowest BCUT2D eigenvalue weighted by molar-refractivity contribution is 0.0714. The number of hydrogen-bond donors (Lipinski definition) is 3. The lowest BCUT2D eigenvalue weighted by Crippen LogP contribution is -2.45. The highest BCUT2D eigenvalue weighted by molar-refractivity contribution is 5.07. The number of rotatable bonds is 5. The zero-order valence-corrected chi connectivity index (χ0v) is 12.6.